The molecule has 0 heterocycles. The van der Waals surface area contributed by atoms with E-state index >= 15 is 0 Å². The predicted octanol–water partition coefficient (Wildman–Crippen LogP) is 2.98. The summed E-state index contributed by atoms with van der Waals surface area (Å²) in [6.07, 6.45) is 0. The Labute approximate surface area is 132 Å². The first-order valence-electron chi connectivity index (χ1n) is 6.08. The molecule has 112 valence electrons. The average molecular weight is 371 g/mol. The monoisotopic (exact) mass is 370 g/mol. The van der Waals surface area contributed by atoms with Gasteiger partial charge in [-0.3, -0.25) is 4.72 Å². The Hall–Kier alpha value is -1.73. The van der Waals surface area contributed by atoms with Crippen LogP contribution in [0.15, 0.2) is 46.9 Å². The van der Waals surface area contributed by atoms with Gasteiger partial charge in [-0.15, -0.1) is 0 Å². The molecule has 0 radical (unpaired) electrons. The fraction of sp³-hybridized carbons (Fsp3) is 0.143. The molecule has 0 bridgehead atoms. The van der Waals surface area contributed by atoms with Crippen LogP contribution in [-0.4, -0.2) is 15.5 Å². The second kappa shape index (κ2) is 6.36. The van der Waals surface area contributed by atoms with Gasteiger partial charge >= 0.3 is 0 Å². The van der Waals surface area contributed by atoms with Crippen molar-refractivity contribution in [1.82, 2.24) is 0 Å². The van der Waals surface area contributed by atoms with Crippen LogP contribution in [0, 0.1) is 0 Å². The van der Waals surface area contributed by atoms with Crippen LogP contribution in [-0.2, 0) is 15.8 Å². The van der Waals surface area contributed by atoms with E-state index < -0.39 is 10.0 Å². The van der Waals surface area contributed by atoms with E-state index in [0.29, 0.717) is 22.7 Å². The smallest absolute Gasteiger partial charge is 0.236 e. The number of nitrogens with one attached hydrogen (secondary N) is 1. The van der Waals surface area contributed by atoms with Gasteiger partial charge in [0.05, 0.1) is 23.0 Å². The largest absolute Gasteiger partial charge is 0.495 e. The summed E-state index contributed by atoms with van der Waals surface area (Å²) in [7, 11) is -1.98. The lowest BCUT2D eigenvalue weighted by Crippen LogP contribution is -2.15. The van der Waals surface area contributed by atoms with Crippen LogP contribution in [0.25, 0.3) is 0 Å². The van der Waals surface area contributed by atoms with Gasteiger partial charge in [-0.05, 0) is 45.8 Å². The van der Waals surface area contributed by atoms with Gasteiger partial charge in [0.25, 0.3) is 0 Å². The van der Waals surface area contributed by atoms with E-state index in [2.05, 4.69) is 20.7 Å². The van der Waals surface area contributed by atoms with Gasteiger partial charge in [0, 0.05) is 11.8 Å². The van der Waals surface area contributed by atoms with Crippen molar-refractivity contribution in [3.63, 3.8) is 0 Å². The van der Waals surface area contributed by atoms with E-state index in [0.717, 1.165) is 4.47 Å². The minimum atomic E-state index is -3.50. The summed E-state index contributed by atoms with van der Waals surface area (Å²) in [5.74, 6) is 0.439. The number of nitrogens with two attached hydrogens (primary N) is 1. The number of benzene rings is 2. The molecule has 0 aliphatic rings. The third-order valence-electron chi connectivity index (χ3n) is 2.76. The van der Waals surface area contributed by atoms with Crippen molar-refractivity contribution in [2.45, 2.75) is 5.75 Å². The summed E-state index contributed by atoms with van der Waals surface area (Å²) in [4.78, 5) is 0. The molecule has 0 spiro atoms. The van der Waals surface area contributed by atoms with Gasteiger partial charge in [-0.2, -0.15) is 0 Å². The Morgan fingerprint density at radius 3 is 2.48 bits per heavy atom. The molecule has 0 fully saturated rings. The number of sulfonamides is 1. The molecule has 2 aromatic carbocycles. The summed E-state index contributed by atoms with van der Waals surface area (Å²) in [6, 6.07) is 11.7. The predicted molar refractivity (Wildman–Crippen MR) is 87.8 cm³/mol. The standard InChI is InChI=1S/C14H15BrN2O3S/c1-20-14-8-12(6-7-13(14)15)17-21(18,19)9-10-2-4-11(16)5-3-10/h2-8,17H,9,16H2,1H3. The normalized spacial score (nSPS) is 11.1. The van der Waals surface area contributed by atoms with E-state index in [9.17, 15) is 8.42 Å². The molecule has 0 unspecified atom stereocenters. The lowest BCUT2D eigenvalue weighted by Gasteiger charge is -2.10. The summed E-state index contributed by atoms with van der Waals surface area (Å²) in [5.41, 5.74) is 7.29. The van der Waals surface area contributed by atoms with Crippen LogP contribution in [0.1, 0.15) is 5.56 Å². The average Bonchev–Trinajstić information content (AvgIpc) is 2.43. The molecule has 0 saturated carbocycles. The molecular weight excluding hydrogens is 356 g/mol. The first-order chi connectivity index (χ1) is 9.89. The molecule has 0 aromatic heterocycles. The van der Waals surface area contributed by atoms with Crippen molar-refractivity contribution in [2.24, 2.45) is 0 Å². The van der Waals surface area contributed by atoms with Crippen LogP contribution < -0.4 is 15.2 Å². The number of rotatable bonds is 5. The highest BCUT2D eigenvalue weighted by molar-refractivity contribution is 9.10. The maximum Gasteiger partial charge on any atom is 0.236 e. The van der Waals surface area contributed by atoms with Crippen molar-refractivity contribution in [3.05, 3.63) is 52.5 Å². The number of halogens is 1. The lowest BCUT2D eigenvalue weighted by molar-refractivity contribution is 0.412. The van der Waals surface area contributed by atoms with Gasteiger partial charge < -0.3 is 10.5 Å². The fourth-order valence-electron chi connectivity index (χ4n) is 1.77. The first kappa shape index (κ1) is 15.7. The lowest BCUT2D eigenvalue weighted by atomic mass is 10.2. The van der Waals surface area contributed by atoms with Crippen LogP contribution in [0.4, 0.5) is 11.4 Å². The van der Waals surface area contributed by atoms with Crippen molar-refractivity contribution in [3.8, 4) is 5.75 Å². The molecule has 2 rings (SSSR count). The number of hydrogen-bond donors (Lipinski definition) is 2. The second-order valence-corrected chi connectivity index (χ2v) is 7.03. The highest BCUT2D eigenvalue weighted by Gasteiger charge is 2.13. The van der Waals surface area contributed by atoms with Crippen molar-refractivity contribution >= 4 is 37.3 Å². The van der Waals surface area contributed by atoms with Crippen LogP contribution in [0.2, 0.25) is 0 Å². The molecule has 5 nitrogen and oxygen atoms in total. The van der Waals surface area contributed by atoms with E-state index in [1.165, 1.54) is 7.11 Å². The van der Waals surface area contributed by atoms with E-state index in [-0.39, 0.29) is 5.75 Å². The van der Waals surface area contributed by atoms with Crippen LogP contribution in [0.3, 0.4) is 0 Å². The SMILES string of the molecule is COc1cc(NS(=O)(=O)Cc2ccc(N)cc2)ccc1Br. The van der Waals surface area contributed by atoms with E-state index in [4.69, 9.17) is 10.5 Å². The van der Waals surface area contributed by atoms with Crippen molar-refractivity contribution in [2.75, 3.05) is 17.6 Å². The van der Waals surface area contributed by atoms with E-state index in [1.54, 1.807) is 42.5 Å². The molecule has 0 amide bonds. The van der Waals surface area contributed by atoms with Gasteiger partial charge in [0.1, 0.15) is 5.75 Å². The fourth-order valence-corrected chi connectivity index (χ4v) is 3.37. The van der Waals surface area contributed by atoms with Crippen LogP contribution in [0.5, 0.6) is 5.75 Å². The molecule has 3 N–H and O–H groups in total. The molecule has 0 atom stereocenters. The summed E-state index contributed by atoms with van der Waals surface area (Å²) in [5, 5.41) is 0. The summed E-state index contributed by atoms with van der Waals surface area (Å²) >= 11 is 3.32. The number of hydrogen-bond acceptors (Lipinski definition) is 4. The maximum atomic E-state index is 12.1. The minimum absolute atomic E-state index is 0.119. The van der Waals surface area contributed by atoms with Crippen molar-refractivity contribution in [1.29, 1.82) is 0 Å². The van der Waals surface area contributed by atoms with Gasteiger partial charge in [0.15, 0.2) is 0 Å². The third-order valence-corrected chi connectivity index (χ3v) is 4.68. The zero-order chi connectivity index (χ0) is 15.5. The summed E-state index contributed by atoms with van der Waals surface area (Å²) in [6.45, 7) is 0. The molecule has 0 aliphatic carbocycles. The zero-order valence-electron chi connectivity index (χ0n) is 11.3. The molecule has 0 aliphatic heterocycles. The minimum Gasteiger partial charge on any atom is -0.495 e. The Kier molecular flexibility index (Phi) is 4.74. The molecule has 21 heavy (non-hydrogen) atoms. The summed E-state index contributed by atoms with van der Waals surface area (Å²) < 4.78 is 32.7. The highest BCUT2D eigenvalue weighted by atomic mass is 79.9. The number of nitrogen functional groups attached to an aromatic ring is 1. The second-order valence-electron chi connectivity index (χ2n) is 4.45. The van der Waals surface area contributed by atoms with Gasteiger partial charge in [-0.1, -0.05) is 12.1 Å². The van der Waals surface area contributed by atoms with Gasteiger partial charge in [0.2, 0.25) is 10.0 Å². The highest BCUT2D eigenvalue weighted by Crippen LogP contribution is 2.28. The third kappa shape index (κ3) is 4.37. The number of ether oxygens (including phenoxy) is 1. The van der Waals surface area contributed by atoms with Gasteiger partial charge in [-0.25, -0.2) is 8.42 Å². The molecule has 2 aromatic rings. The Balaban J connectivity index is 2.15. The Morgan fingerprint density at radius 2 is 1.86 bits per heavy atom. The Morgan fingerprint density at radius 1 is 1.19 bits per heavy atom. The number of methoxy groups -OCH3 is 1. The molecule has 7 heteroatoms. The Bertz CT molecular complexity index is 730. The van der Waals surface area contributed by atoms with Crippen molar-refractivity contribution < 1.29 is 13.2 Å². The molecular formula is C14H15BrN2O3S. The van der Waals surface area contributed by atoms with E-state index in [1.807, 2.05) is 0 Å². The maximum absolute atomic E-state index is 12.1. The number of anilines is 2. The quantitative estimate of drug-likeness (QED) is 0.792. The van der Waals surface area contributed by atoms with Crippen LogP contribution >= 0.6 is 15.9 Å². The topological polar surface area (TPSA) is 81.4 Å². The zero-order valence-corrected chi connectivity index (χ0v) is 13.7. The first-order valence-corrected chi connectivity index (χ1v) is 8.52. The molecule has 0 saturated heterocycles.